The Balaban J connectivity index is 2.66. The van der Waals surface area contributed by atoms with Gasteiger partial charge in [-0.1, -0.05) is 13.8 Å². The van der Waals surface area contributed by atoms with Gasteiger partial charge < -0.3 is 14.6 Å². The molecule has 0 atom stereocenters. The normalized spacial score (nSPS) is 12.2. The Kier molecular flexibility index (Phi) is 5.20. The second-order valence-electron chi connectivity index (χ2n) is 5.80. The molecular formula is C14H27N3O. The summed E-state index contributed by atoms with van der Waals surface area (Å²) in [5, 5.41) is 3.39. The Bertz CT molecular complexity index is 369. The van der Waals surface area contributed by atoms with Crippen molar-refractivity contribution in [2.24, 2.45) is 5.92 Å². The number of nitrogens with zero attached hydrogens (tertiary/aromatic N) is 2. The summed E-state index contributed by atoms with van der Waals surface area (Å²) in [6.07, 6.45) is 2.09. The third-order valence-corrected chi connectivity index (χ3v) is 2.67. The Hall–Kier alpha value is -1.03. The quantitative estimate of drug-likeness (QED) is 0.811. The molecule has 1 aromatic rings. The van der Waals surface area contributed by atoms with Crippen molar-refractivity contribution in [1.29, 1.82) is 0 Å². The zero-order chi connectivity index (χ0) is 13.8. The highest BCUT2D eigenvalue weighted by molar-refractivity contribution is 5.29. The predicted molar refractivity (Wildman–Crippen MR) is 76.0 cm³/mol. The van der Waals surface area contributed by atoms with E-state index in [9.17, 15) is 0 Å². The van der Waals surface area contributed by atoms with E-state index in [0.717, 1.165) is 31.3 Å². The van der Waals surface area contributed by atoms with Gasteiger partial charge in [-0.3, -0.25) is 0 Å². The molecule has 0 saturated carbocycles. The molecule has 0 aliphatic heterocycles. The number of aryl methyl sites for hydroxylation is 1. The first kappa shape index (κ1) is 15.0. The van der Waals surface area contributed by atoms with Crippen LogP contribution >= 0.6 is 0 Å². The van der Waals surface area contributed by atoms with Gasteiger partial charge in [0.15, 0.2) is 0 Å². The molecule has 0 aliphatic rings. The number of aromatic nitrogens is 2. The molecule has 4 nitrogen and oxygen atoms in total. The van der Waals surface area contributed by atoms with Crippen LogP contribution in [0.4, 0.5) is 5.95 Å². The molecule has 0 aliphatic carbocycles. The summed E-state index contributed by atoms with van der Waals surface area (Å²) in [7, 11) is 0. The second kappa shape index (κ2) is 6.23. The Morgan fingerprint density at radius 1 is 1.44 bits per heavy atom. The van der Waals surface area contributed by atoms with E-state index in [2.05, 4.69) is 48.8 Å². The van der Waals surface area contributed by atoms with Crippen molar-refractivity contribution < 1.29 is 4.74 Å². The maximum atomic E-state index is 5.68. The second-order valence-corrected chi connectivity index (χ2v) is 5.80. The van der Waals surface area contributed by atoms with Gasteiger partial charge >= 0.3 is 0 Å². The fraction of sp³-hybridized carbons (Fsp3) is 0.786. The summed E-state index contributed by atoms with van der Waals surface area (Å²) in [4.78, 5) is 4.52. The van der Waals surface area contributed by atoms with E-state index in [1.165, 1.54) is 0 Å². The third-order valence-electron chi connectivity index (χ3n) is 2.67. The summed E-state index contributed by atoms with van der Waals surface area (Å²) in [5.74, 6) is 1.55. The minimum Gasteiger partial charge on any atom is -0.374 e. The van der Waals surface area contributed by atoms with Gasteiger partial charge in [-0.05, 0) is 33.6 Å². The molecule has 1 N–H and O–H groups in total. The molecule has 0 aromatic carbocycles. The first-order valence-corrected chi connectivity index (χ1v) is 6.75. The Labute approximate surface area is 111 Å². The largest absolute Gasteiger partial charge is 0.374 e. The summed E-state index contributed by atoms with van der Waals surface area (Å²) in [6.45, 7) is 15.1. The smallest absolute Gasteiger partial charge is 0.203 e. The standard InChI is InChI=1S/C14H27N3O/c1-7-18-14(5,6)10-15-13-16-12(4)9-17(13)8-11(2)3/h9,11H,7-8,10H2,1-6H3,(H,15,16). The molecule has 0 unspecified atom stereocenters. The van der Waals surface area contributed by atoms with Crippen molar-refractivity contribution in [2.75, 3.05) is 18.5 Å². The van der Waals surface area contributed by atoms with E-state index < -0.39 is 0 Å². The molecule has 0 bridgehead atoms. The van der Waals surface area contributed by atoms with Crippen molar-refractivity contribution in [3.63, 3.8) is 0 Å². The molecule has 0 saturated heterocycles. The lowest BCUT2D eigenvalue weighted by Gasteiger charge is -2.25. The predicted octanol–water partition coefficient (Wildman–Crippen LogP) is 3.07. The van der Waals surface area contributed by atoms with Crippen LogP contribution in [0.2, 0.25) is 0 Å². The van der Waals surface area contributed by atoms with Crippen LogP contribution in [0, 0.1) is 12.8 Å². The van der Waals surface area contributed by atoms with Gasteiger partial charge in [0.05, 0.1) is 11.3 Å². The van der Waals surface area contributed by atoms with Crippen LogP contribution in [-0.4, -0.2) is 28.3 Å². The SMILES string of the molecule is CCOC(C)(C)CNc1nc(C)cn1CC(C)C. The van der Waals surface area contributed by atoms with Crippen molar-refractivity contribution in [1.82, 2.24) is 9.55 Å². The number of hydrogen-bond acceptors (Lipinski definition) is 3. The highest BCUT2D eigenvalue weighted by Gasteiger charge is 2.18. The van der Waals surface area contributed by atoms with Crippen LogP contribution < -0.4 is 5.32 Å². The number of rotatable bonds is 7. The van der Waals surface area contributed by atoms with Crippen LogP contribution in [0.25, 0.3) is 0 Å². The fourth-order valence-electron chi connectivity index (χ4n) is 1.95. The monoisotopic (exact) mass is 253 g/mol. The maximum absolute atomic E-state index is 5.68. The Morgan fingerprint density at radius 2 is 2.11 bits per heavy atom. The van der Waals surface area contributed by atoms with Crippen LogP contribution in [0.15, 0.2) is 6.20 Å². The topological polar surface area (TPSA) is 39.1 Å². The van der Waals surface area contributed by atoms with Gasteiger partial charge in [0, 0.05) is 25.9 Å². The minimum atomic E-state index is -0.169. The van der Waals surface area contributed by atoms with E-state index in [1.54, 1.807) is 0 Å². The summed E-state index contributed by atoms with van der Waals surface area (Å²) < 4.78 is 7.86. The number of imidazole rings is 1. The van der Waals surface area contributed by atoms with Crippen molar-refractivity contribution in [3.8, 4) is 0 Å². The van der Waals surface area contributed by atoms with Gasteiger partial charge in [0.1, 0.15) is 0 Å². The molecule has 104 valence electrons. The number of hydrogen-bond donors (Lipinski definition) is 1. The van der Waals surface area contributed by atoms with Crippen LogP contribution in [0.5, 0.6) is 0 Å². The lowest BCUT2D eigenvalue weighted by atomic mass is 10.1. The summed E-state index contributed by atoms with van der Waals surface area (Å²) in [5.41, 5.74) is 0.879. The van der Waals surface area contributed by atoms with E-state index in [4.69, 9.17) is 4.74 Å². The van der Waals surface area contributed by atoms with E-state index in [-0.39, 0.29) is 5.60 Å². The molecule has 0 radical (unpaired) electrons. The minimum absolute atomic E-state index is 0.169. The van der Waals surface area contributed by atoms with Gasteiger partial charge in [-0.25, -0.2) is 4.98 Å². The lowest BCUT2D eigenvalue weighted by molar-refractivity contribution is 0.000538. The van der Waals surface area contributed by atoms with E-state index in [0.29, 0.717) is 5.92 Å². The van der Waals surface area contributed by atoms with Gasteiger partial charge in [0.25, 0.3) is 0 Å². The first-order valence-electron chi connectivity index (χ1n) is 6.75. The molecule has 0 amide bonds. The van der Waals surface area contributed by atoms with Crippen LogP contribution in [0.1, 0.15) is 40.3 Å². The molecule has 1 rings (SSSR count). The highest BCUT2D eigenvalue weighted by Crippen LogP contribution is 2.14. The zero-order valence-electron chi connectivity index (χ0n) is 12.6. The number of nitrogens with one attached hydrogen (secondary N) is 1. The maximum Gasteiger partial charge on any atom is 0.203 e. The van der Waals surface area contributed by atoms with Gasteiger partial charge in [-0.2, -0.15) is 0 Å². The molecule has 4 heteroatoms. The Morgan fingerprint density at radius 3 is 2.67 bits per heavy atom. The molecule has 0 spiro atoms. The summed E-state index contributed by atoms with van der Waals surface area (Å²) in [6, 6.07) is 0. The average Bonchev–Trinajstić information content (AvgIpc) is 2.55. The highest BCUT2D eigenvalue weighted by atomic mass is 16.5. The number of ether oxygens (including phenoxy) is 1. The van der Waals surface area contributed by atoms with Gasteiger partial charge in [0.2, 0.25) is 5.95 Å². The molecular weight excluding hydrogens is 226 g/mol. The van der Waals surface area contributed by atoms with E-state index >= 15 is 0 Å². The lowest BCUT2D eigenvalue weighted by Crippen LogP contribution is -2.34. The average molecular weight is 253 g/mol. The molecule has 1 aromatic heterocycles. The number of anilines is 1. The first-order chi connectivity index (χ1) is 8.34. The van der Waals surface area contributed by atoms with Gasteiger partial charge in [-0.15, -0.1) is 0 Å². The van der Waals surface area contributed by atoms with Crippen molar-refractivity contribution >= 4 is 5.95 Å². The molecule has 18 heavy (non-hydrogen) atoms. The van der Waals surface area contributed by atoms with Crippen LogP contribution in [0.3, 0.4) is 0 Å². The van der Waals surface area contributed by atoms with Crippen molar-refractivity contribution in [3.05, 3.63) is 11.9 Å². The van der Waals surface area contributed by atoms with E-state index in [1.807, 2.05) is 13.8 Å². The third kappa shape index (κ3) is 4.69. The molecule has 1 heterocycles. The fourth-order valence-corrected chi connectivity index (χ4v) is 1.95. The van der Waals surface area contributed by atoms with Crippen LogP contribution in [-0.2, 0) is 11.3 Å². The van der Waals surface area contributed by atoms with Crippen molar-refractivity contribution in [2.45, 2.75) is 53.7 Å². The summed E-state index contributed by atoms with van der Waals surface area (Å²) >= 11 is 0. The zero-order valence-corrected chi connectivity index (χ0v) is 12.6. The molecule has 0 fully saturated rings.